The topological polar surface area (TPSA) is 14.2 Å². The normalized spacial score (nSPS) is 19.2. The molecule has 174 valence electrons. The van der Waals surface area contributed by atoms with Crippen LogP contribution in [0.3, 0.4) is 0 Å². The third kappa shape index (κ3) is 4.19. The maximum atomic E-state index is 7.10. The summed E-state index contributed by atoms with van der Waals surface area (Å²) in [5.74, 6) is 0. The number of ether oxygens (including phenoxy) is 1. The van der Waals surface area contributed by atoms with Gasteiger partial charge < -0.3 is 9.30 Å². The second-order valence-corrected chi connectivity index (χ2v) is 10.1. The molecule has 1 atom stereocenters. The van der Waals surface area contributed by atoms with Crippen LogP contribution in [0, 0.1) is 0 Å². The van der Waals surface area contributed by atoms with Crippen LogP contribution in [-0.4, -0.2) is 10.2 Å². The van der Waals surface area contributed by atoms with E-state index in [1.807, 2.05) is 0 Å². The minimum atomic E-state index is -0.402. The van der Waals surface area contributed by atoms with Crippen molar-refractivity contribution in [2.45, 2.75) is 43.9 Å². The number of hydrogen-bond acceptors (Lipinski definition) is 1. The van der Waals surface area contributed by atoms with Crippen molar-refractivity contribution >= 4 is 10.9 Å². The second kappa shape index (κ2) is 8.87. The third-order valence-electron chi connectivity index (χ3n) is 7.52. The number of hydrogen-bond donors (Lipinski definition) is 0. The van der Waals surface area contributed by atoms with Crippen LogP contribution >= 0.6 is 0 Å². The number of fused-ring (bicyclic) bond motifs is 1. The van der Waals surface area contributed by atoms with Crippen LogP contribution in [0.2, 0.25) is 0 Å². The fourth-order valence-electron chi connectivity index (χ4n) is 5.78. The summed E-state index contributed by atoms with van der Waals surface area (Å²) in [5.41, 5.74) is 5.77. The lowest BCUT2D eigenvalue weighted by Gasteiger charge is -2.34. The van der Waals surface area contributed by atoms with Gasteiger partial charge in [-0.15, -0.1) is 0 Å². The summed E-state index contributed by atoms with van der Waals surface area (Å²) < 4.78 is 9.44. The zero-order valence-electron chi connectivity index (χ0n) is 20.2. The molecule has 4 aromatic carbocycles. The van der Waals surface area contributed by atoms with Gasteiger partial charge in [0.05, 0.1) is 5.60 Å². The zero-order valence-corrected chi connectivity index (χ0v) is 20.2. The van der Waals surface area contributed by atoms with Gasteiger partial charge in [-0.05, 0) is 65.6 Å². The molecule has 0 saturated carbocycles. The Bertz CT molecular complexity index is 1380. The Hall–Kier alpha value is -3.62. The summed E-state index contributed by atoms with van der Waals surface area (Å²) in [4.78, 5) is 0. The van der Waals surface area contributed by atoms with Crippen LogP contribution in [0.5, 0.6) is 0 Å². The van der Waals surface area contributed by atoms with Crippen molar-refractivity contribution in [2.75, 3.05) is 0 Å². The SMILES string of the molecule is C[C@@]1(Cc2ccc3c(ccn3Cc3ccccc3)c2)CCC(c2ccccc2)(c2ccccc2)O1. The Kier molecular flexibility index (Phi) is 5.54. The first-order valence-corrected chi connectivity index (χ1v) is 12.6. The molecular weight excluding hydrogens is 426 g/mol. The molecule has 1 saturated heterocycles. The maximum Gasteiger partial charge on any atom is 0.119 e. The molecule has 0 bridgehead atoms. The molecule has 0 aliphatic carbocycles. The van der Waals surface area contributed by atoms with Crippen molar-refractivity contribution in [1.29, 1.82) is 0 Å². The second-order valence-electron chi connectivity index (χ2n) is 10.1. The van der Waals surface area contributed by atoms with E-state index in [9.17, 15) is 0 Å². The molecule has 2 heterocycles. The standard InChI is InChI=1S/C33H31NO/c1-32(20-21-33(35-32,29-13-7-3-8-14-29)30-15-9-4-10-16-30)24-27-17-18-31-28(23-27)19-22-34(31)25-26-11-5-2-6-12-26/h2-19,22-23H,20-21,24-25H2,1H3/t32-/m0/s1. The average molecular weight is 458 g/mol. The first-order chi connectivity index (χ1) is 17.1. The van der Waals surface area contributed by atoms with Crippen LogP contribution in [0.1, 0.15) is 42.0 Å². The van der Waals surface area contributed by atoms with Gasteiger partial charge in [-0.1, -0.05) is 97.1 Å². The third-order valence-corrected chi connectivity index (χ3v) is 7.52. The van der Waals surface area contributed by atoms with E-state index >= 15 is 0 Å². The molecular formula is C33H31NO. The van der Waals surface area contributed by atoms with E-state index < -0.39 is 5.60 Å². The predicted octanol–water partition coefficient (Wildman–Crippen LogP) is 7.75. The molecule has 2 heteroatoms. The quantitative estimate of drug-likeness (QED) is 0.254. The molecule has 0 unspecified atom stereocenters. The van der Waals surface area contributed by atoms with Gasteiger partial charge in [0.2, 0.25) is 0 Å². The lowest BCUT2D eigenvalue weighted by Crippen LogP contribution is -2.34. The Morgan fingerprint density at radius 2 is 1.31 bits per heavy atom. The van der Waals surface area contributed by atoms with Crippen molar-refractivity contribution in [1.82, 2.24) is 4.57 Å². The van der Waals surface area contributed by atoms with E-state index in [1.165, 1.54) is 33.2 Å². The van der Waals surface area contributed by atoms with Gasteiger partial charge in [0.1, 0.15) is 5.60 Å². The minimum Gasteiger partial charge on any atom is -0.359 e. The van der Waals surface area contributed by atoms with E-state index in [2.05, 4.69) is 133 Å². The van der Waals surface area contributed by atoms with Gasteiger partial charge in [-0.25, -0.2) is 0 Å². The van der Waals surface area contributed by atoms with Crippen LogP contribution in [-0.2, 0) is 23.3 Å². The summed E-state index contributed by atoms with van der Waals surface area (Å²) in [6, 6.07) is 41.2. The molecule has 5 aromatic rings. The van der Waals surface area contributed by atoms with Crippen LogP contribution < -0.4 is 0 Å². The van der Waals surface area contributed by atoms with Gasteiger partial charge in [-0.2, -0.15) is 0 Å². The molecule has 1 aromatic heterocycles. The fourth-order valence-corrected chi connectivity index (χ4v) is 5.78. The number of rotatable bonds is 6. The Morgan fingerprint density at radius 3 is 1.97 bits per heavy atom. The minimum absolute atomic E-state index is 0.230. The number of benzene rings is 4. The molecule has 35 heavy (non-hydrogen) atoms. The van der Waals surface area contributed by atoms with Crippen LogP contribution in [0.25, 0.3) is 10.9 Å². The van der Waals surface area contributed by atoms with Crippen molar-refractivity contribution in [3.8, 4) is 0 Å². The molecule has 6 rings (SSSR count). The molecule has 1 aliphatic rings. The van der Waals surface area contributed by atoms with Crippen molar-refractivity contribution < 1.29 is 4.74 Å². The first-order valence-electron chi connectivity index (χ1n) is 12.6. The largest absolute Gasteiger partial charge is 0.359 e. The molecule has 0 N–H and O–H groups in total. The lowest BCUT2D eigenvalue weighted by molar-refractivity contribution is -0.0764. The highest BCUT2D eigenvalue weighted by molar-refractivity contribution is 5.81. The highest BCUT2D eigenvalue weighted by Crippen LogP contribution is 2.50. The van der Waals surface area contributed by atoms with Crippen molar-refractivity contribution in [3.63, 3.8) is 0 Å². The summed E-state index contributed by atoms with van der Waals surface area (Å²) in [5, 5.41) is 1.29. The monoisotopic (exact) mass is 457 g/mol. The summed E-state index contributed by atoms with van der Waals surface area (Å²) in [6.45, 7) is 3.17. The summed E-state index contributed by atoms with van der Waals surface area (Å²) in [6.07, 6.45) is 5.09. The van der Waals surface area contributed by atoms with Gasteiger partial charge in [-0.3, -0.25) is 0 Å². The van der Waals surface area contributed by atoms with Gasteiger partial charge in [0.25, 0.3) is 0 Å². The number of nitrogens with zero attached hydrogens (tertiary/aromatic N) is 1. The molecule has 1 aliphatic heterocycles. The van der Waals surface area contributed by atoms with E-state index in [4.69, 9.17) is 4.74 Å². The molecule has 0 amide bonds. The lowest BCUT2D eigenvalue weighted by atomic mass is 9.83. The van der Waals surface area contributed by atoms with Gasteiger partial charge in [0, 0.05) is 24.7 Å². The summed E-state index contributed by atoms with van der Waals surface area (Å²) in [7, 11) is 0. The van der Waals surface area contributed by atoms with E-state index in [1.54, 1.807) is 0 Å². The van der Waals surface area contributed by atoms with Crippen molar-refractivity contribution in [3.05, 3.63) is 144 Å². The predicted molar refractivity (Wildman–Crippen MR) is 144 cm³/mol. The van der Waals surface area contributed by atoms with Crippen molar-refractivity contribution in [2.24, 2.45) is 0 Å². The van der Waals surface area contributed by atoms with E-state index in [0.29, 0.717) is 0 Å². The Balaban J connectivity index is 1.28. The Labute approximate surface area is 207 Å². The van der Waals surface area contributed by atoms with E-state index in [-0.39, 0.29) is 5.60 Å². The van der Waals surface area contributed by atoms with Gasteiger partial charge in [0.15, 0.2) is 0 Å². The number of aromatic nitrogens is 1. The first kappa shape index (κ1) is 21.9. The van der Waals surface area contributed by atoms with Crippen LogP contribution in [0.15, 0.2) is 121 Å². The zero-order chi connectivity index (χ0) is 23.7. The molecule has 0 spiro atoms. The molecule has 1 fully saturated rings. The molecule has 2 nitrogen and oxygen atoms in total. The average Bonchev–Trinajstić information content (AvgIpc) is 3.47. The summed E-state index contributed by atoms with van der Waals surface area (Å²) >= 11 is 0. The smallest absolute Gasteiger partial charge is 0.119 e. The van der Waals surface area contributed by atoms with E-state index in [0.717, 1.165) is 25.8 Å². The van der Waals surface area contributed by atoms with Gasteiger partial charge >= 0.3 is 0 Å². The molecule has 0 radical (unpaired) electrons. The maximum absolute atomic E-state index is 7.10. The fraction of sp³-hybridized carbons (Fsp3) is 0.212. The highest BCUT2D eigenvalue weighted by atomic mass is 16.5. The highest BCUT2D eigenvalue weighted by Gasteiger charge is 2.48. The Morgan fingerprint density at radius 1 is 0.686 bits per heavy atom. The van der Waals surface area contributed by atoms with Crippen LogP contribution in [0.4, 0.5) is 0 Å².